The molecule has 0 radical (unpaired) electrons. The van der Waals surface area contributed by atoms with E-state index in [1.165, 1.54) is 17.7 Å². The molecule has 4 aromatic rings. The summed E-state index contributed by atoms with van der Waals surface area (Å²) in [6, 6.07) is 12.5. The van der Waals surface area contributed by atoms with Crippen molar-refractivity contribution >= 4 is 17.2 Å². The Morgan fingerprint density at radius 2 is 2.10 bits per heavy atom. The molecule has 4 heterocycles. The number of fused-ring (bicyclic) bond motifs is 1. The van der Waals surface area contributed by atoms with Crippen LogP contribution in [-0.2, 0) is 11.3 Å². The highest BCUT2D eigenvalue weighted by Gasteiger charge is 2.32. The number of nitriles is 1. The van der Waals surface area contributed by atoms with Crippen molar-refractivity contribution in [2.75, 3.05) is 34.3 Å². The summed E-state index contributed by atoms with van der Waals surface area (Å²) < 4.78 is 7.15. The molecular weight excluding hydrogens is 510 g/mol. The second-order valence-electron chi connectivity index (χ2n) is 9.61. The van der Waals surface area contributed by atoms with Crippen LogP contribution >= 0.6 is 11.3 Å². The lowest BCUT2D eigenvalue weighted by molar-refractivity contribution is -0.127. The number of rotatable bonds is 7. The Labute approximate surface area is 231 Å². The minimum atomic E-state index is -0.0918. The topological polar surface area (TPSA) is 100 Å². The van der Waals surface area contributed by atoms with Gasteiger partial charge in [0, 0.05) is 41.7 Å². The van der Waals surface area contributed by atoms with E-state index in [0.717, 1.165) is 32.8 Å². The van der Waals surface area contributed by atoms with E-state index < -0.39 is 0 Å². The van der Waals surface area contributed by atoms with Crippen molar-refractivity contribution in [1.82, 2.24) is 29.5 Å². The van der Waals surface area contributed by atoms with Crippen molar-refractivity contribution in [1.29, 1.82) is 5.26 Å². The largest absolute Gasteiger partial charge is 0.491 e. The SMILES string of the molecule is COc1cncnc1-n1cc(-c2ccccc2[C@@H]2CN(C(=O)/C=C/CN(C)C)Cc3sc(C#N)cc32)c(C)n1. The van der Waals surface area contributed by atoms with Crippen LogP contribution in [0.4, 0.5) is 0 Å². The molecule has 1 amide bonds. The third kappa shape index (κ3) is 5.32. The molecule has 1 atom stereocenters. The summed E-state index contributed by atoms with van der Waals surface area (Å²) >= 11 is 1.46. The van der Waals surface area contributed by atoms with Gasteiger partial charge in [0.05, 0.1) is 25.5 Å². The van der Waals surface area contributed by atoms with Crippen molar-refractivity contribution in [2.45, 2.75) is 19.4 Å². The maximum absolute atomic E-state index is 13.2. The van der Waals surface area contributed by atoms with E-state index in [-0.39, 0.29) is 11.8 Å². The fourth-order valence-electron chi connectivity index (χ4n) is 4.88. The molecule has 3 aromatic heterocycles. The molecule has 0 saturated carbocycles. The lowest BCUT2D eigenvalue weighted by Gasteiger charge is -2.33. The Bertz CT molecular complexity index is 1580. The Morgan fingerprint density at radius 1 is 1.28 bits per heavy atom. The number of ether oxygens (including phenoxy) is 1. The number of carbonyl (C=O) groups is 1. The number of aryl methyl sites for hydroxylation is 1. The minimum Gasteiger partial charge on any atom is -0.491 e. The zero-order valence-corrected chi connectivity index (χ0v) is 23.1. The normalized spacial score (nSPS) is 15.0. The molecule has 39 heavy (non-hydrogen) atoms. The molecule has 0 spiro atoms. The molecule has 1 aliphatic rings. The minimum absolute atomic E-state index is 0.0308. The average Bonchev–Trinajstić information content (AvgIpc) is 3.55. The molecule has 0 unspecified atom stereocenters. The number of carbonyl (C=O) groups excluding carboxylic acids is 1. The van der Waals surface area contributed by atoms with Gasteiger partial charge in [-0.25, -0.2) is 14.6 Å². The molecule has 198 valence electrons. The zero-order valence-electron chi connectivity index (χ0n) is 22.3. The third-order valence-corrected chi connectivity index (χ3v) is 7.77. The van der Waals surface area contributed by atoms with E-state index in [1.807, 2.05) is 61.3 Å². The number of amides is 1. The standard InChI is InChI=1S/C29H29N7O2S/c1-19-24(16-36(33-19)29-26(38-4)14-31-18-32-29)21-8-5-6-9-22(21)25-15-35(28(37)10-7-11-34(2)3)17-27-23(25)12-20(13-30)39-27/h5-10,12,14,16,18,25H,11,15,17H2,1-4H3/b10-7+/t25-/m0/s1. The number of likely N-dealkylation sites (N-methyl/N-ethyl adjacent to an activating group) is 1. The van der Waals surface area contributed by atoms with E-state index in [4.69, 9.17) is 9.84 Å². The van der Waals surface area contributed by atoms with Crippen molar-refractivity contribution in [3.63, 3.8) is 0 Å². The monoisotopic (exact) mass is 539 g/mol. The van der Waals surface area contributed by atoms with E-state index in [9.17, 15) is 10.1 Å². The molecule has 0 fully saturated rings. The molecule has 1 aromatic carbocycles. The number of methoxy groups -OCH3 is 1. The van der Waals surface area contributed by atoms with Crippen LogP contribution in [0.1, 0.15) is 32.5 Å². The predicted octanol–water partition coefficient (Wildman–Crippen LogP) is 4.17. The Kier molecular flexibility index (Phi) is 7.54. The summed E-state index contributed by atoms with van der Waals surface area (Å²) in [6.45, 7) is 3.67. The van der Waals surface area contributed by atoms with Gasteiger partial charge in [0.2, 0.25) is 5.91 Å². The first-order valence-corrected chi connectivity index (χ1v) is 13.3. The lowest BCUT2D eigenvalue weighted by atomic mass is 9.84. The summed E-state index contributed by atoms with van der Waals surface area (Å²) in [5.74, 6) is 0.954. The quantitative estimate of drug-likeness (QED) is 0.325. The van der Waals surface area contributed by atoms with E-state index >= 15 is 0 Å². The van der Waals surface area contributed by atoms with E-state index in [1.54, 1.807) is 24.1 Å². The van der Waals surface area contributed by atoms with Crippen LogP contribution < -0.4 is 4.74 Å². The van der Waals surface area contributed by atoms with Crippen molar-refractivity contribution in [2.24, 2.45) is 0 Å². The highest BCUT2D eigenvalue weighted by Crippen LogP contribution is 2.42. The molecule has 1 aliphatic heterocycles. The van der Waals surface area contributed by atoms with Crippen LogP contribution in [0.25, 0.3) is 16.9 Å². The predicted molar refractivity (Wildman–Crippen MR) is 150 cm³/mol. The molecule has 5 rings (SSSR count). The first kappa shape index (κ1) is 26.3. The Morgan fingerprint density at radius 3 is 2.87 bits per heavy atom. The van der Waals surface area contributed by atoms with Crippen molar-refractivity contribution in [3.8, 4) is 28.8 Å². The molecule has 10 heteroatoms. The zero-order chi connectivity index (χ0) is 27.5. The van der Waals surface area contributed by atoms with Gasteiger partial charge in [-0.05, 0) is 43.8 Å². The molecule has 0 N–H and O–H groups in total. The van der Waals surface area contributed by atoms with Gasteiger partial charge in [0.1, 0.15) is 17.3 Å². The fourth-order valence-corrected chi connectivity index (χ4v) is 5.92. The van der Waals surface area contributed by atoms with Crippen molar-refractivity contribution < 1.29 is 9.53 Å². The van der Waals surface area contributed by atoms with Gasteiger partial charge < -0.3 is 14.5 Å². The van der Waals surface area contributed by atoms with Crippen LogP contribution in [0.3, 0.4) is 0 Å². The first-order valence-electron chi connectivity index (χ1n) is 12.5. The second kappa shape index (κ2) is 11.2. The summed E-state index contributed by atoms with van der Waals surface area (Å²) in [6.07, 6.45) is 8.56. The van der Waals surface area contributed by atoms with Crippen LogP contribution in [0.2, 0.25) is 0 Å². The Hall–Kier alpha value is -4.33. The van der Waals surface area contributed by atoms with Gasteiger partial charge in [-0.2, -0.15) is 10.4 Å². The van der Waals surface area contributed by atoms with Gasteiger partial charge in [0.25, 0.3) is 0 Å². The number of thiophene rings is 1. The van der Waals surface area contributed by atoms with Gasteiger partial charge >= 0.3 is 0 Å². The number of hydrogen-bond donors (Lipinski definition) is 0. The number of hydrogen-bond acceptors (Lipinski definition) is 8. The fraction of sp³-hybridized carbons (Fsp3) is 0.276. The lowest BCUT2D eigenvalue weighted by Crippen LogP contribution is -2.37. The number of nitrogens with zero attached hydrogens (tertiary/aromatic N) is 7. The summed E-state index contributed by atoms with van der Waals surface area (Å²) in [5.41, 5.74) is 4.99. The number of benzene rings is 1. The second-order valence-corrected chi connectivity index (χ2v) is 10.7. The van der Waals surface area contributed by atoms with Crippen molar-refractivity contribution in [3.05, 3.63) is 87.8 Å². The third-order valence-electron chi connectivity index (χ3n) is 6.73. The molecule has 0 bridgehead atoms. The maximum atomic E-state index is 13.2. The summed E-state index contributed by atoms with van der Waals surface area (Å²) in [4.78, 5) is 27.2. The van der Waals surface area contributed by atoms with Gasteiger partial charge in [0.15, 0.2) is 11.6 Å². The Balaban J connectivity index is 1.56. The van der Waals surface area contributed by atoms with E-state index in [0.29, 0.717) is 36.1 Å². The molecule has 9 nitrogen and oxygen atoms in total. The maximum Gasteiger partial charge on any atom is 0.246 e. The van der Waals surface area contributed by atoms with Crippen LogP contribution in [0, 0.1) is 18.3 Å². The van der Waals surface area contributed by atoms with Crippen LogP contribution in [-0.4, -0.2) is 69.8 Å². The van der Waals surface area contributed by atoms with Crippen LogP contribution in [0.15, 0.2) is 61.2 Å². The number of aromatic nitrogens is 4. The van der Waals surface area contributed by atoms with Crippen LogP contribution in [0.5, 0.6) is 5.75 Å². The molecule has 0 saturated heterocycles. The van der Waals surface area contributed by atoms with E-state index in [2.05, 4.69) is 28.2 Å². The highest BCUT2D eigenvalue weighted by atomic mass is 32.1. The summed E-state index contributed by atoms with van der Waals surface area (Å²) in [7, 11) is 5.51. The highest BCUT2D eigenvalue weighted by molar-refractivity contribution is 7.12. The van der Waals surface area contributed by atoms with Gasteiger partial charge in [-0.15, -0.1) is 11.3 Å². The molecular formula is C29H29N7O2S. The first-order chi connectivity index (χ1) is 18.9. The van der Waals surface area contributed by atoms with Gasteiger partial charge in [-0.1, -0.05) is 30.3 Å². The molecule has 0 aliphatic carbocycles. The summed E-state index contributed by atoms with van der Waals surface area (Å²) in [5, 5.41) is 14.4. The average molecular weight is 540 g/mol. The van der Waals surface area contributed by atoms with Gasteiger partial charge in [-0.3, -0.25) is 4.79 Å². The smallest absolute Gasteiger partial charge is 0.246 e.